The van der Waals surface area contributed by atoms with Crippen molar-refractivity contribution >= 4 is 11.3 Å². The SMILES string of the molecule is CCC1C[C@@H](NC(C)c2ccccc2)CC2=C1[N]c1ccccc12. The van der Waals surface area contributed by atoms with Gasteiger partial charge < -0.3 is 5.32 Å². The Kier molecular flexibility index (Phi) is 4.15. The van der Waals surface area contributed by atoms with Gasteiger partial charge in [0.15, 0.2) is 0 Å². The summed E-state index contributed by atoms with van der Waals surface area (Å²) in [6.45, 7) is 4.56. The molecular weight excluding hydrogens is 292 g/mol. The molecule has 2 nitrogen and oxygen atoms in total. The van der Waals surface area contributed by atoms with E-state index in [1.165, 1.54) is 28.8 Å². The monoisotopic (exact) mass is 317 g/mol. The molecule has 0 spiro atoms. The van der Waals surface area contributed by atoms with Gasteiger partial charge in [0.25, 0.3) is 0 Å². The summed E-state index contributed by atoms with van der Waals surface area (Å²) in [6, 6.07) is 20.3. The van der Waals surface area contributed by atoms with Gasteiger partial charge >= 0.3 is 0 Å². The molecule has 0 aromatic heterocycles. The van der Waals surface area contributed by atoms with Crippen LogP contribution in [-0.4, -0.2) is 6.04 Å². The van der Waals surface area contributed by atoms with Crippen molar-refractivity contribution in [2.24, 2.45) is 5.92 Å². The Morgan fingerprint density at radius 1 is 1.08 bits per heavy atom. The molecule has 1 radical (unpaired) electrons. The van der Waals surface area contributed by atoms with Crippen molar-refractivity contribution < 1.29 is 0 Å². The molecule has 0 bridgehead atoms. The summed E-state index contributed by atoms with van der Waals surface area (Å²) < 4.78 is 0. The molecule has 123 valence electrons. The molecular formula is C22H25N2. The number of fused-ring (bicyclic) bond motifs is 2. The maximum absolute atomic E-state index is 4.95. The van der Waals surface area contributed by atoms with Gasteiger partial charge in [0.1, 0.15) is 0 Å². The second-order valence-electron chi connectivity index (χ2n) is 7.03. The second-order valence-corrected chi connectivity index (χ2v) is 7.03. The Morgan fingerprint density at radius 2 is 1.83 bits per heavy atom. The molecule has 0 fully saturated rings. The molecule has 0 amide bonds. The van der Waals surface area contributed by atoms with E-state index in [0.29, 0.717) is 18.0 Å². The van der Waals surface area contributed by atoms with E-state index >= 15 is 0 Å². The molecule has 24 heavy (non-hydrogen) atoms. The Morgan fingerprint density at radius 3 is 2.62 bits per heavy atom. The first kappa shape index (κ1) is 15.5. The number of nitrogens with one attached hydrogen (secondary N) is 1. The van der Waals surface area contributed by atoms with E-state index in [2.05, 4.69) is 73.8 Å². The van der Waals surface area contributed by atoms with Gasteiger partial charge in [-0.2, -0.15) is 0 Å². The van der Waals surface area contributed by atoms with Gasteiger partial charge in [-0.05, 0) is 43.4 Å². The molecule has 1 aliphatic carbocycles. The van der Waals surface area contributed by atoms with Crippen LogP contribution in [0, 0.1) is 5.92 Å². The first-order valence-electron chi connectivity index (χ1n) is 9.11. The van der Waals surface area contributed by atoms with Gasteiger partial charge in [-0.25, -0.2) is 0 Å². The number of hydrogen-bond donors (Lipinski definition) is 1. The van der Waals surface area contributed by atoms with E-state index in [1.54, 1.807) is 0 Å². The summed E-state index contributed by atoms with van der Waals surface area (Å²) in [4.78, 5) is 0. The average Bonchev–Trinajstić information content (AvgIpc) is 3.00. The lowest BCUT2D eigenvalue weighted by Crippen LogP contribution is -2.36. The maximum Gasteiger partial charge on any atom is 0.0708 e. The summed E-state index contributed by atoms with van der Waals surface area (Å²) in [5, 5.41) is 8.82. The quantitative estimate of drug-likeness (QED) is 0.825. The number of rotatable bonds is 4. The topological polar surface area (TPSA) is 26.1 Å². The first-order chi connectivity index (χ1) is 11.8. The van der Waals surface area contributed by atoms with Crippen LogP contribution < -0.4 is 10.6 Å². The van der Waals surface area contributed by atoms with Crippen molar-refractivity contribution in [3.05, 3.63) is 71.4 Å². The fraction of sp³-hybridized carbons (Fsp3) is 0.364. The minimum Gasteiger partial charge on any atom is -0.307 e. The zero-order valence-electron chi connectivity index (χ0n) is 14.5. The van der Waals surface area contributed by atoms with E-state index in [0.717, 1.165) is 18.5 Å². The van der Waals surface area contributed by atoms with Crippen LogP contribution >= 0.6 is 0 Å². The highest BCUT2D eigenvalue weighted by Crippen LogP contribution is 2.45. The van der Waals surface area contributed by atoms with Crippen LogP contribution in [0.25, 0.3) is 5.57 Å². The van der Waals surface area contributed by atoms with Crippen molar-refractivity contribution in [3.8, 4) is 0 Å². The predicted molar refractivity (Wildman–Crippen MR) is 100.0 cm³/mol. The average molecular weight is 317 g/mol. The fourth-order valence-electron chi connectivity index (χ4n) is 4.18. The lowest BCUT2D eigenvalue weighted by molar-refractivity contribution is 0.361. The molecule has 0 saturated carbocycles. The van der Waals surface area contributed by atoms with Crippen molar-refractivity contribution in [1.82, 2.24) is 10.6 Å². The van der Waals surface area contributed by atoms with E-state index in [-0.39, 0.29) is 0 Å². The smallest absolute Gasteiger partial charge is 0.0708 e. The number of para-hydroxylation sites is 1. The minimum absolute atomic E-state index is 0.379. The van der Waals surface area contributed by atoms with Crippen LogP contribution in [0.15, 0.2) is 60.3 Å². The maximum atomic E-state index is 4.95. The summed E-state index contributed by atoms with van der Waals surface area (Å²) in [5.74, 6) is 0.571. The molecule has 2 unspecified atom stereocenters. The molecule has 1 heterocycles. The van der Waals surface area contributed by atoms with Crippen LogP contribution in [-0.2, 0) is 0 Å². The number of benzene rings is 2. The van der Waals surface area contributed by atoms with Crippen molar-refractivity contribution in [2.75, 3.05) is 0 Å². The fourth-order valence-corrected chi connectivity index (χ4v) is 4.18. The Balaban J connectivity index is 1.56. The standard InChI is InChI=1S/C22H25N2/c1-3-16-13-18(23-15(2)17-9-5-4-6-10-17)14-20-19-11-7-8-12-21(19)24-22(16)20/h4-12,15-16,18,23H,3,13-14H2,1-2H3/t15?,16?,18-/m1/s1. The third-order valence-electron chi connectivity index (χ3n) is 5.46. The van der Waals surface area contributed by atoms with E-state index in [9.17, 15) is 0 Å². The van der Waals surface area contributed by atoms with E-state index in [4.69, 9.17) is 5.32 Å². The Bertz CT molecular complexity index is 748. The Hall–Kier alpha value is -2.06. The van der Waals surface area contributed by atoms with Crippen LogP contribution in [0.1, 0.15) is 50.3 Å². The summed E-state index contributed by atoms with van der Waals surface area (Å²) in [6.07, 6.45) is 3.43. The van der Waals surface area contributed by atoms with Crippen molar-refractivity contribution in [3.63, 3.8) is 0 Å². The van der Waals surface area contributed by atoms with Gasteiger partial charge in [-0.3, -0.25) is 5.32 Å². The van der Waals surface area contributed by atoms with Crippen LogP contribution in [0.4, 0.5) is 5.69 Å². The highest BCUT2D eigenvalue weighted by molar-refractivity contribution is 5.83. The molecule has 2 aromatic carbocycles. The summed E-state index contributed by atoms with van der Waals surface area (Å²) in [7, 11) is 0. The van der Waals surface area contributed by atoms with E-state index in [1.807, 2.05) is 0 Å². The van der Waals surface area contributed by atoms with Crippen molar-refractivity contribution in [1.29, 1.82) is 0 Å². The molecule has 3 atom stereocenters. The van der Waals surface area contributed by atoms with Crippen molar-refractivity contribution in [2.45, 2.75) is 45.2 Å². The van der Waals surface area contributed by atoms with Crippen LogP contribution in [0.5, 0.6) is 0 Å². The molecule has 0 saturated heterocycles. The molecule has 4 rings (SSSR count). The normalized spacial score (nSPS) is 23.4. The Labute approximate surface area is 145 Å². The minimum atomic E-state index is 0.379. The van der Waals surface area contributed by atoms with Crippen LogP contribution in [0.2, 0.25) is 0 Å². The van der Waals surface area contributed by atoms with Gasteiger partial charge in [-0.15, -0.1) is 0 Å². The lowest BCUT2D eigenvalue weighted by Gasteiger charge is -2.32. The zero-order valence-corrected chi connectivity index (χ0v) is 14.5. The van der Waals surface area contributed by atoms with Gasteiger partial charge in [0.2, 0.25) is 0 Å². The third kappa shape index (κ3) is 2.76. The lowest BCUT2D eigenvalue weighted by atomic mass is 9.81. The number of nitrogens with zero attached hydrogens (tertiary/aromatic N) is 1. The largest absolute Gasteiger partial charge is 0.307 e. The van der Waals surface area contributed by atoms with Gasteiger partial charge in [0, 0.05) is 29.3 Å². The third-order valence-corrected chi connectivity index (χ3v) is 5.46. The molecule has 1 aliphatic heterocycles. The van der Waals surface area contributed by atoms with Gasteiger partial charge in [0.05, 0.1) is 5.69 Å². The second kappa shape index (κ2) is 6.45. The number of allylic oxidation sites excluding steroid dienone is 1. The van der Waals surface area contributed by atoms with Gasteiger partial charge in [-0.1, -0.05) is 55.5 Å². The molecule has 2 aliphatic rings. The molecule has 2 aromatic rings. The number of hydrogen-bond acceptors (Lipinski definition) is 1. The predicted octanol–water partition coefficient (Wildman–Crippen LogP) is 5.19. The van der Waals surface area contributed by atoms with E-state index < -0.39 is 0 Å². The highest BCUT2D eigenvalue weighted by Gasteiger charge is 2.35. The summed E-state index contributed by atoms with van der Waals surface area (Å²) in [5.41, 5.74) is 6.70. The molecule has 1 N–H and O–H groups in total. The summed E-state index contributed by atoms with van der Waals surface area (Å²) >= 11 is 0. The zero-order chi connectivity index (χ0) is 16.5. The first-order valence-corrected chi connectivity index (χ1v) is 9.11. The highest BCUT2D eigenvalue weighted by atomic mass is 15.0. The van der Waals surface area contributed by atoms with Crippen LogP contribution in [0.3, 0.4) is 0 Å². The molecule has 2 heteroatoms.